The number of hydrogen-bond donors (Lipinski definition) is 2. The quantitative estimate of drug-likeness (QED) is 0.681. The molecule has 1 fully saturated rings. The zero-order valence-electron chi connectivity index (χ0n) is 11.5. The minimum absolute atomic E-state index is 0.0303. The van der Waals surface area contributed by atoms with Crippen molar-refractivity contribution in [1.82, 2.24) is 19.5 Å². The summed E-state index contributed by atoms with van der Waals surface area (Å²) in [6.07, 6.45) is 4.23. The Labute approximate surface area is 119 Å². The van der Waals surface area contributed by atoms with E-state index in [0.29, 0.717) is 6.54 Å². The monoisotopic (exact) mass is 288 g/mol. The number of fused-ring (bicyclic) bond motifs is 2. The number of nitrogens with zero attached hydrogens (tertiary/aromatic N) is 3. The average molecular weight is 288 g/mol. The van der Waals surface area contributed by atoms with Crippen molar-refractivity contribution in [3.05, 3.63) is 38.7 Å². The van der Waals surface area contributed by atoms with Crippen molar-refractivity contribution in [3.8, 4) is 5.75 Å². The number of hydrogen-bond acceptors (Lipinski definition) is 5. The molecule has 2 aromatic rings. The van der Waals surface area contributed by atoms with Crippen LogP contribution >= 0.6 is 0 Å². The SMILES string of the molecule is O=c1ccn2nc3n(c(=O)c2c1O)CC1(CCNCC1)C3. The van der Waals surface area contributed by atoms with E-state index >= 15 is 0 Å². The highest BCUT2D eigenvalue weighted by Crippen LogP contribution is 2.38. The molecule has 1 spiro atoms. The summed E-state index contributed by atoms with van der Waals surface area (Å²) in [4.78, 5) is 24.1. The summed E-state index contributed by atoms with van der Waals surface area (Å²) in [5.41, 5.74) is -0.829. The first-order valence-corrected chi connectivity index (χ1v) is 7.15. The van der Waals surface area contributed by atoms with Crippen LogP contribution in [0.5, 0.6) is 5.75 Å². The molecule has 2 N–H and O–H groups in total. The third kappa shape index (κ3) is 1.73. The first-order valence-electron chi connectivity index (χ1n) is 7.15. The Morgan fingerprint density at radius 3 is 2.81 bits per heavy atom. The van der Waals surface area contributed by atoms with Crippen LogP contribution in [0.1, 0.15) is 18.7 Å². The van der Waals surface area contributed by atoms with Gasteiger partial charge in [-0.15, -0.1) is 0 Å². The largest absolute Gasteiger partial charge is 0.502 e. The number of rotatable bonds is 0. The molecule has 0 unspecified atom stereocenters. The summed E-state index contributed by atoms with van der Waals surface area (Å²) >= 11 is 0. The van der Waals surface area contributed by atoms with Gasteiger partial charge in [0.1, 0.15) is 5.82 Å². The third-order valence-electron chi connectivity index (χ3n) is 4.73. The van der Waals surface area contributed by atoms with Gasteiger partial charge in [-0.05, 0) is 31.3 Å². The van der Waals surface area contributed by atoms with Crippen LogP contribution in [0.25, 0.3) is 5.52 Å². The maximum absolute atomic E-state index is 12.6. The molecule has 0 radical (unpaired) electrons. The molecular weight excluding hydrogens is 272 g/mol. The van der Waals surface area contributed by atoms with Gasteiger partial charge >= 0.3 is 0 Å². The maximum Gasteiger partial charge on any atom is 0.281 e. The zero-order chi connectivity index (χ0) is 14.6. The molecule has 2 aliphatic rings. The molecule has 0 amide bonds. The Balaban J connectivity index is 1.93. The van der Waals surface area contributed by atoms with Crippen LogP contribution in [0, 0.1) is 5.41 Å². The Kier molecular flexibility index (Phi) is 2.50. The van der Waals surface area contributed by atoms with E-state index in [1.807, 2.05) is 0 Å². The molecule has 2 aromatic heterocycles. The van der Waals surface area contributed by atoms with E-state index in [1.165, 1.54) is 16.8 Å². The molecule has 7 heteroatoms. The second-order valence-electron chi connectivity index (χ2n) is 6.06. The van der Waals surface area contributed by atoms with Gasteiger partial charge in [0.2, 0.25) is 5.43 Å². The van der Waals surface area contributed by atoms with E-state index in [9.17, 15) is 14.7 Å². The molecular formula is C14H16N4O3. The van der Waals surface area contributed by atoms with Crippen LogP contribution in [-0.2, 0) is 13.0 Å². The highest BCUT2D eigenvalue weighted by Gasteiger charge is 2.40. The Morgan fingerprint density at radius 2 is 2.05 bits per heavy atom. The van der Waals surface area contributed by atoms with Crippen molar-refractivity contribution in [2.45, 2.75) is 25.8 Å². The smallest absolute Gasteiger partial charge is 0.281 e. The van der Waals surface area contributed by atoms with Crippen molar-refractivity contribution in [2.75, 3.05) is 13.1 Å². The number of piperidine rings is 1. The zero-order valence-corrected chi connectivity index (χ0v) is 11.5. The summed E-state index contributed by atoms with van der Waals surface area (Å²) in [7, 11) is 0. The lowest BCUT2D eigenvalue weighted by molar-refractivity contribution is 0.198. The van der Waals surface area contributed by atoms with Crippen LogP contribution in [0.2, 0.25) is 0 Å². The van der Waals surface area contributed by atoms with Crippen molar-refractivity contribution in [1.29, 1.82) is 0 Å². The van der Waals surface area contributed by atoms with E-state index < -0.39 is 11.2 Å². The van der Waals surface area contributed by atoms with Gasteiger partial charge in [0, 0.05) is 25.2 Å². The lowest BCUT2D eigenvalue weighted by Gasteiger charge is -2.32. The molecule has 0 saturated carbocycles. The maximum atomic E-state index is 12.6. The molecule has 21 heavy (non-hydrogen) atoms. The van der Waals surface area contributed by atoms with Crippen molar-refractivity contribution in [3.63, 3.8) is 0 Å². The lowest BCUT2D eigenvalue weighted by Crippen LogP contribution is -2.38. The molecule has 0 aromatic carbocycles. The standard InChI is InChI=1S/C14H16N4O3/c19-9-1-6-18-11(12(9)20)13(21)17-8-14(7-10(17)16-18)2-4-15-5-3-14/h1,6,15,20H,2-5,7-8H2. The van der Waals surface area contributed by atoms with Crippen molar-refractivity contribution in [2.24, 2.45) is 5.41 Å². The number of nitrogens with one attached hydrogen (secondary N) is 1. The topological polar surface area (TPSA) is 88.6 Å². The highest BCUT2D eigenvalue weighted by atomic mass is 16.3. The Bertz CT molecular complexity index is 846. The van der Waals surface area contributed by atoms with Crippen LogP contribution in [0.4, 0.5) is 0 Å². The van der Waals surface area contributed by atoms with Crippen LogP contribution in [0.15, 0.2) is 21.9 Å². The van der Waals surface area contributed by atoms with E-state index in [2.05, 4.69) is 10.4 Å². The van der Waals surface area contributed by atoms with Crippen LogP contribution in [-0.4, -0.2) is 32.4 Å². The van der Waals surface area contributed by atoms with Crippen LogP contribution in [0.3, 0.4) is 0 Å². The number of pyridine rings is 1. The molecule has 4 rings (SSSR count). The Morgan fingerprint density at radius 1 is 1.29 bits per heavy atom. The molecule has 2 aliphatic heterocycles. The lowest BCUT2D eigenvalue weighted by atomic mass is 9.78. The van der Waals surface area contributed by atoms with Crippen LogP contribution < -0.4 is 16.3 Å². The fourth-order valence-corrected chi connectivity index (χ4v) is 3.54. The molecule has 110 valence electrons. The minimum Gasteiger partial charge on any atom is -0.502 e. The summed E-state index contributed by atoms with van der Waals surface area (Å²) in [5, 5.41) is 17.6. The van der Waals surface area contributed by atoms with Crippen molar-refractivity contribution >= 4 is 5.52 Å². The van der Waals surface area contributed by atoms with Gasteiger partial charge in [-0.25, -0.2) is 4.52 Å². The van der Waals surface area contributed by atoms with Gasteiger partial charge in [0.25, 0.3) is 5.56 Å². The van der Waals surface area contributed by atoms with Gasteiger partial charge in [0.05, 0.1) is 0 Å². The second kappa shape index (κ2) is 4.17. The summed E-state index contributed by atoms with van der Waals surface area (Å²) < 4.78 is 2.95. The highest BCUT2D eigenvalue weighted by molar-refractivity contribution is 5.56. The van der Waals surface area contributed by atoms with Crippen molar-refractivity contribution < 1.29 is 5.11 Å². The first kappa shape index (κ1) is 12.6. The molecule has 7 nitrogen and oxygen atoms in total. The fourth-order valence-electron chi connectivity index (χ4n) is 3.54. The van der Waals surface area contributed by atoms with E-state index in [0.717, 1.165) is 38.2 Å². The van der Waals surface area contributed by atoms with Gasteiger partial charge in [-0.2, -0.15) is 5.10 Å². The van der Waals surface area contributed by atoms with Gasteiger partial charge in [-0.3, -0.25) is 14.2 Å². The van der Waals surface area contributed by atoms with E-state index in [-0.39, 0.29) is 16.5 Å². The van der Waals surface area contributed by atoms with E-state index in [1.54, 1.807) is 4.57 Å². The summed E-state index contributed by atoms with van der Waals surface area (Å²) in [5.74, 6) is 0.217. The second-order valence-corrected chi connectivity index (χ2v) is 6.06. The first-order chi connectivity index (χ1) is 10.1. The molecule has 0 bridgehead atoms. The third-order valence-corrected chi connectivity index (χ3v) is 4.73. The summed E-state index contributed by atoms with van der Waals surface area (Å²) in [6, 6.07) is 1.22. The van der Waals surface area contributed by atoms with Gasteiger partial charge in [0.15, 0.2) is 11.3 Å². The average Bonchev–Trinajstić information content (AvgIpc) is 2.82. The summed E-state index contributed by atoms with van der Waals surface area (Å²) in [6.45, 7) is 2.52. The molecule has 4 heterocycles. The normalized spacial score (nSPS) is 20.0. The predicted molar refractivity (Wildman–Crippen MR) is 75.6 cm³/mol. The minimum atomic E-state index is -0.552. The molecule has 1 saturated heterocycles. The van der Waals surface area contributed by atoms with Gasteiger partial charge in [-0.1, -0.05) is 0 Å². The number of aromatic nitrogens is 3. The predicted octanol–water partition coefficient (Wildman–Crippen LogP) is -0.512. The molecule has 0 atom stereocenters. The number of aromatic hydroxyl groups is 1. The fraction of sp³-hybridized carbons (Fsp3) is 0.500. The van der Waals surface area contributed by atoms with Gasteiger partial charge < -0.3 is 10.4 Å². The Hall–Kier alpha value is -2.15. The molecule has 0 aliphatic carbocycles. The van der Waals surface area contributed by atoms with E-state index in [4.69, 9.17) is 0 Å².